The number of nitrogens with one attached hydrogen (secondary N) is 1. The van der Waals surface area contributed by atoms with Gasteiger partial charge in [0.05, 0.1) is 0 Å². The lowest BCUT2D eigenvalue weighted by Crippen LogP contribution is -2.14. The molecule has 9 heavy (non-hydrogen) atoms. The van der Waals surface area contributed by atoms with E-state index < -0.39 is 0 Å². The fraction of sp³-hybridized carbons (Fsp3) is 0.571. The van der Waals surface area contributed by atoms with Crippen molar-refractivity contribution in [1.82, 2.24) is 5.32 Å². The van der Waals surface area contributed by atoms with E-state index in [2.05, 4.69) is 18.8 Å². The predicted octanol–water partition coefficient (Wildman–Crippen LogP) is 1.29. The van der Waals surface area contributed by atoms with Crippen LogP contribution in [-0.2, 0) is 4.79 Å². The number of hydrogen-bond donors (Lipinski definition) is 1. The predicted molar refractivity (Wildman–Crippen MR) is 37.8 cm³/mol. The lowest BCUT2D eigenvalue weighted by Gasteiger charge is -2.09. The van der Waals surface area contributed by atoms with E-state index in [1.807, 2.05) is 6.92 Å². The number of amides is 1. The molecule has 0 radical (unpaired) electrons. The van der Waals surface area contributed by atoms with Crippen LogP contribution in [-0.4, -0.2) is 6.41 Å². The highest BCUT2D eigenvalue weighted by molar-refractivity contribution is 5.49. The van der Waals surface area contributed by atoms with Crippen LogP contribution in [0.3, 0.4) is 0 Å². The van der Waals surface area contributed by atoms with Gasteiger partial charge < -0.3 is 5.32 Å². The summed E-state index contributed by atoms with van der Waals surface area (Å²) in [5, 5.41) is 2.52. The van der Waals surface area contributed by atoms with Gasteiger partial charge in [-0.1, -0.05) is 20.4 Å². The van der Waals surface area contributed by atoms with Crippen molar-refractivity contribution in [2.75, 3.05) is 0 Å². The van der Waals surface area contributed by atoms with Crippen molar-refractivity contribution >= 4 is 6.41 Å². The summed E-state index contributed by atoms with van der Waals surface area (Å²) in [6, 6.07) is 0. The van der Waals surface area contributed by atoms with E-state index >= 15 is 0 Å². The molecule has 0 saturated heterocycles. The van der Waals surface area contributed by atoms with E-state index in [4.69, 9.17) is 0 Å². The molecule has 2 heteroatoms. The summed E-state index contributed by atoms with van der Waals surface area (Å²) in [4.78, 5) is 9.86. The van der Waals surface area contributed by atoms with Gasteiger partial charge in [0, 0.05) is 5.70 Å². The van der Waals surface area contributed by atoms with Crippen LogP contribution >= 0.6 is 0 Å². The quantitative estimate of drug-likeness (QED) is 0.566. The second kappa shape index (κ2) is 4.13. The van der Waals surface area contributed by atoms with Crippen LogP contribution in [0.25, 0.3) is 0 Å². The Balaban J connectivity index is 3.58. The minimum Gasteiger partial charge on any atom is -0.333 e. The molecular formula is C7H13NO. The van der Waals surface area contributed by atoms with E-state index in [9.17, 15) is 4.79 Å². The molecule has 0 spiro atoms. The third-order valence-electron chi connectivity index (χ3n) is 1.45. The molecule has 0 aromatic rings. The van der Waals surface area contributed by atoms with Crippen LogP contribution in [0.15, 0.2) is 12.3 Å². The summed E-state index contributed by atoms with van der Waals surface area (Å²) in [5.74, 6) is 0.384. The van der Waals surface area contributed by atoms with Gasteiger partial charge in [-0.15, -0.1) is 0 Å². The average molecular weight is 127 g/mol. The van der Waals surface area contributed by atoms with Gasteiger partial charge in [0.1, 0.15) is 0 Å². The normalized spacial score (nSPS) is 12.2. The zero-order chi connectivity index (χ0) is 7.28. The lowest BCUT2D eigenvalue weighted by atomic mass is 10.1. The first kappa shape index (κ1) is 8.21. The smallest absolute Gasteiger partial charge is 0.211 e. The monoisotopic (exact) mass is 127 g/mol. The maximum Gasteiger partial charge on any atom is 0.211 e. The third-order valence-corrected chi connectivity index (χ3v) is 1.45. The Hall–Kier alpha value is -0.790. The van der Waals surface area contributed by atoms with Crippen molar-refractivity contribution in [3.05, 3.63) is 12.3 Å². The van der Waals surface area contributed by atoms with Crippen molar-refractivity contribution in [2.45, 2.75) is 20.3 Å². The SMILES string of the molecule is C=C(NC=O)C(C)CC. The molecule has 0 bridgehead atoms. The van der Waals surface area contributed by atoms with Crippen molar-refractivity contribution in [1.29, 1.82) is 0 Å². The van der Waals surface area contributed by atoms with E-state index in [-0.39, 0.29) is 0 Å². The van der Waals surface area contributed by atoms with Crippen LogP contribution < -0.4 is 5.32 Å². The number of rotatable bonds is 4. The number of allylic oxidation sites excluding steroid dienone is 1. The zero-order valence-corrected chi connectivity index (χ0v) is 5.98. The molecule has 0 aliphatic heterocycles. The second-order valence-corrected chi connectivity index (χ2v) is 2.10. The zero-order valence-electron chi connectivity index (χ0n) is 5.98. The van der Waals surface area contributed by atoms with E-state index in [1.54, 1.807) is 0 Å². The molecule has 0 heterocycles. The lowest BCUT2D eigenvalue weighted by molar-refractivity contribution is -0.109. The average Bonchev–Trinajstić information content (AvgIpc) is 1.87. The Morgan fingerprint density at radius 2 is 2.44 bits per heavy atom. The Labute approximate surface area is 56.0 Å². The van der Waals surface area contributed by atoms with Crippen LogP contribution in [0.2, 0.25) is 0 Å². The summed E-state index contributed by atoms with van der Waals surface area (Å²) in [6.45, 7) is 7.76. The van der Waals surface area contributed by atoms with Gasteiger partial charge >= 0.3 is 0 Å². The highest BCUT2D eigenvalue weighted by atomic mass is 16.1. The van der Waals surface area contributed by atoms with E-state index in [0.717, 1.165) is 12.1 Å². The molecule has 0 aliphatic carbocycles. The van der Waals surface area contributed by atoms with Crippen LogP contribution in [0.5, 0.6) is 0 Å². The summed E-state index contributed by atoms with van der Waals surface area (Å²) < 4.78 is 0. The highest BCUT2D eigenvalue weighted by Crippen LogP contribution is 2.07. The molecule has 1 N–H and O–H groups in total. The Morgan fingerprint density at radius 3 is 2.78 bits per heavy atom. The molecule has 0 aromatic carbocycles. The van der Waals surface area contributed by atoms with E-state index in [0.29, 0.717) is 12.3 Å². The van der Waals surface area contributed by atoms with Crippen LogP contribution in [0.1, 0.15) is 20.3 Å². The summed E-state index contributed by atoms with van der Waals surface area (Å²) in [5.41, 5.74) is 0.799. The highest BCUT2D eigenvalue weighted by Gasteiger charge is 2.00. The molecule has 1 atom stereocenters. The van der Waals surface area contributed by atoms with Gasteiger partial charge in [-0.05, 0) is 12.3 Å². The minimum absolute atomic E-state index is 0.384. The topological polar surface area (TPSA) is 29.1 Å². The molecule has 0 aromatic heterocycles. The third kappa shape index (κ3) is 2.90. The fourth-order valence-electron chi connectivity index (χ4n) is 0.464. The summed E-state index contributed by atoms with van der Waals surface area (Å²) in [6.07, 6.45) is 1.67. The number of hydrogen-bond acceptors (Lipinski definition) is 1. The summed E-state index contributed by atoms with van der Waals surface area (Å²) in [7, 11) is 0. The molecule has 1 amide bonds. The second-order valence-electron chi connectivity index (χ2n) is 2.10. The van der Waals surface area contributed by atoms with Crippen molar-refractivity contribution in [3.63, 3.8) is 0 Å². The van der Waals surface area contributed by atoms with Gasteiger partial charge in [-0.2, -0.15) is 0 Å². The molecule has 1 unspecified atom stereocenters. The number of carbonyl (C=O) groups excluding carboxylic acids is 1. The number of carbonyl (C=O) groups is 1. The maximum atomic E-state index is 9.86. The molecule has 0 fully saturated rings. The summed E-state index contributed by atoms with van der Waals surface area (Å²) >= 11 is 0. The molecule has 0 rings (SSSR count). The van der Waals surface area contributed by atoms with Crippen molar-refractivity contribution < 1.29 is 4.79 Å². The molecule has 0 aliphatic rings. The largest absolute Gasteiger partial charge is 0.333 e. The van der Waals surface area contributed by atoms with Gasteiger partial charge in [0.15, 0.2) is 0 Å². The molecule has 0 saturated carbocycles. The first-order valence-electron chi connectivity index (χ1n) is 3.11. The first-order valence-corrected chi connectivity index (χ1v) is 3.11. The minimum atomic E-state index is 0.384. The molecule has 52 valence electrons. The van der Waals surface area contributed by atoms with Gasteiger partial charge in [0.25, 0.3) is 0 Å². The van der Waals surface area contributed by atoms with Gasteiger partial charge in [-0.3, -0.25) is 4.79 Å². The standard InChI is InChI=1S/C7H13NO/c1-4-6(2)7(3)8-5-9/h5-6H,3-4H2,1-2H3,(H,8,9). The Morgan fingerprint density at radius 1 is 1.89 bits per heavy atom. The van der Waals surface area contributed by atoms with Crippen LogP contribution in [0, 0.1) is 5.92 Å². The molecule has 2 nitrogen and oxygen atoms in total. The van der Waals surface area contributed by atoms with Gasteiger partial charge in [-0.25, -0.2) is 0 Å². The van der Waals surface area contributed by atoms with Crippen molar-refractivity contribution in [3.8, 4) is 0 Å². The van der Waals surface area contributed by atoms with Crippen molar-refractivity contribution in [2.24, 2.45) is 5.92 Å². The van der Waals surface area contributed by atoms with E-state index in [1.165, 1.54) is 0 Å². The van der Waals surface area contributed by atoms with Crippen LogP contribution in [0.4, 0.5) is 0 Å². The first-order chi connectivity index (χ1) is 4.22. The molecular weight excluding hydrogens is 114 g/mol. The maximum absolute atomic E-state index is 9.86. The Bertz CT molecular complexity index is 109. The fourth-order valence-corrected chi connectivity index (χ4v) is 0.464. The van der Waals surface area contributed by atoms with Gasteiger partial charge in [0.2, 0.25) is 6.41 Å². The Kier molecular flexibility index (Phi) is 3.76.